The third kappa shape index (κ3) is 4.34. The standard InChI is InChI=1S/C14H21NOS/c1-11(9-16)10-17-14-5-3-2-4-12(14)8-15-13-6-7-13/h2-5,11,13,15-16H,6-10H2,1H3. The fourth-order valence-corrected chi connectivity index (χ4v) is 2.69. The molecule has 1 aromatic carbocycles. The molecule has 0 bridgehead atoms. The van der Waals surface area contributed by atoms with E-state index in [9.17, 15) is 0 Å². The second kappa shape index (κ2) is 6.43. The van der Waals surface area contributed by atoms with E-state index in [-0.39, 0.29) is 6.61 Å². The lowest BCUT2D eigenvalue weighted by molar-refractivity contribution is 0.250. The van der Waals surface area contributed by atoms with Crippen molar-refractivity contribution in [2.24, 2.45) is 5.92 Å². The molecule has 0 radical (unpaired) electrons. The minimum Gasteiger partial charge on any atom is -0.396 e. The van der Waals surface area contributed by atoms with Gasteiger partial charge in [0.1, 0.15) is 0 Å². The normalized spacial score (nSPS) is 17.1. The Kier molecular flexibility index (Phi) is 4.89. The molecule has 17 heavy (non-hydrogen) atoms. The topological polar surface area (TPSA) is 32.3 Å². The summed E-state index contributed by atoms with van der Waals surface area (Å²) in [6, 6.07) is 9.32. The highest BCUT2D eigenvalue weighted by Gasteiger charge is 2.20. The SMILES string of the molecule is CC(CO)CSc1ccccc1CNC1CC1. The molecule has 1 atom stereocenters. The lowest BCUT2D eigenvalue weighted by atomic mass is 10.2. The minimum absolute atomic E-state index is 0.273. The number of rotatable bonds is 7. The van der Waals surface area contributed by atoms with Crippen molar-refractivity contribution in [2.75, 3.05) is 12.4 Å². The average Bonchev–Trinajstić information content (AvgIpc) is 3.18. The molecule has 94 valence electrons. The van der Waals surface area contributed by atoms with Crippen molar-refractivity contribution in [3.8, 4) is 0 Å². The number of benzene rings is 1. The fraction of sp³-hybridized carbons (Fsp3) is 0.571. The van der Waals surface area contributed by atoms with Crippen LogP contribution in [0.15, 0.2) is 29.2 Å². The summed E-state index contributed by atoms with van der Waals surface area (Å²) in [5.41, 5.74) is 1.38. The molecule has 1 fully saturated rings. The predicted octanol–water partition coefficient (Wildman–Crippen LogP) is 2.66. The molecule has 1 unspecified atom stereocenters. The molecule has 2 rings (SSSR count). The number of aliphatic hydroxyl groups excluding tert-OH is 1. The third-order valence-electron chi connectivity index (χ3n) is 2.97. The summed E-state index contributed by atoms with van der Waals surface area (Å²) in [6.07, 6.45) is 2.66. The molecule has 2 nitrogen and oxygen atoms in total. The zero-order chi connectivity index (χ0) is 12.1. The molecule has 1 aliphatic carbocycles. The number of hydrogen-bond acceptors (Lipinski definition) is 3. The smallest absolute Gasteiger partial charge is 0.0464 e. The van der Waals surface area contributed by atoms with Gasteiger partial charge in [-0.3, -0.25) is 0 Å². The van der Waals surface area contributed by atoms with Gasteiger partial charge in [-0.2, -0.15) is 0 Å². The zero-order valence-corrected chi connectivity index (χ0v) is 11.2. The first-order valence-corrected chi connectivity index (χ1v) is 7.33. The maximum absolute atomic E-state index is 9.04. The molecule has 1 saturated carbocycles. The van der Waals surface area contributed by atoms with E-state index in [1.54, 1.807) is 0 Å². The highest BCUT2D eigenvalue weighted by Crippen LogP contribution is 2.26. The first-order chi connectivity index (χ1) is 8.29. The van der Waals surface area contributed by atoms with Crippen LogP contribution >= 0.6 is 11.8 Å². The van der Waals surface area contributed by atoms with E-state index in [1.165, 1.54) is 23.3 Å². The fourth-order valence-electron chi connectivity index (χ4n) is 1.62. The number of hydrogen-bond donors (Lipinski definition) is 2. The van der Waals surface area contributed by atoms with Crippen LogP contribution in [0.3, 0.4) is 0 Å². The highest BCUT2D eigenvalue weighted by atomic mass is 32.2. The van der Waals surface area contributed by atoms with Gasteiger partial charge < -0.3 is 10.4 Å². The van der Waals surface area contributed by atoms with Crippen molar-refractivity contribution in [3.05, 3.63) is 29.8 Å². The Labute approximate surface area is 108 Å². The molecular formula is C14H21NOS. The van der Waals surface area contributed by atoms with Crippen LogP contribution in [-0.4, -0.2) is 23.5 Å². The molecule has 3 heteroatoms. The molecule has 2 N–H and O–H groups in total. The Morgan fingerprint density at radius 3 is 2.88 bits per heavy atom. The van der Waals surface area contributed by atoms with Gasteiger partial charge >= 0.3 is 0 Å². The Hall–Kier alpha value is -0.510. The van der Waals surface area contributed by atoms with Gasteiger partial charge in [-0.05, 0) is 30.4 Å². The second-order valence-corrected chi connectivity index (χ2v) is 5.92. The largest absolute Gasteiger partial charge is 0.396 e. The van der Waals surface area contributed by atoms with Gasteiger partial charge in [-0.25, -0.2) is 0 Å². The molecule has 0 heterocycles. The van der Waals surface area contributed by atoms with Crippen molar-refractivity contribution in [3.63, 3.8) is 0 Å². The first kappa shape index (κ1) is 12.9. The van der Waals surface area contributed by atoms with E-state index in [1.807, 2.05) is 11.8 Å². The van der Waals surface area contributed by atoms with Crippen LogP contribution in [0, 0.1) is 5.92 Å². The molecule has 0 spiro atoms. The molecule has 1 aliphatic rings. The summed E-state index contributed by atoms with van der Waals surface area (Å²) in [5.74, 6) is 1.35. The number of thioether (sulfide) groups is 1. The van der Waals surface area contributed by atoms with Crippen molar-refractivity contribution in [1.82, 2.24) is 5.32 Å². The van der Waals surface area contributed by atoms with E-state index < -0.39 is 0 Å². The van der Waals surface area contributed by atoms with Crippen LogP contribution in [0.1, 0.15) is 25.3 Å². The Bertz CT molecular complexity index is 352. The first-order valence-electron chi connectivity index (χ1n) is 6.34. The van der Waals surface area contributed by atoms with E-state index in [0.717, 1.165) is 18.3 Å². The van der Waals surface area contributed by atoms with Crippen molar-refractivity contribution in [2.45, 2.75) is 37.2 Å². The van der Waals surface area contributed by atoms with Crippen molar-refractivity contribution < 1.29 is 5.11 Å². The maximum Gasteiger partial charge on any atom is 0.0464 e. The van der Waals surface area contributed by atoms with Crippen LogP contribution in [0.25, 0.3) is 0 Å². The van der Waals surface area contributed by atoms with E-state index in [0.29, 0.717) is 5.92 Å². The molecule has 0 aromatic heterocycles. The number of aliphatic hydroxyl groups is 1. The van der Waals surface area contributed by atoms with Gasteiger partial charge in [0.15, 0.2) is 0 Å². The van der Waals surface area contributed by atoms with Crippen LogP contribution in [0.4, 0.5) is 0 Å². The van der Waals surface area contributed by atoms with E-state index in [4.69, 9.17) is 5.11 Å². The van der Waals surface area contributed by atoms with Crippen molar-refractivity contribution >= 4 is 11.8 Å². The summed E-state index contributed by atoms with van der Waals surface area (Å²) < 4.78 is 0. The predicted molar refractivity (Wildman–Crippen MR) is 73.3 cm³/mol. The van der Waals surface area contributed by atoms with E-state index in [2.05, 4.69) is 36.5 Å². The van der Waals surface area contributed by atoms with Gasteiger partial charge in [0, 0.05) is 29.8 Å². The molecular weight excluding hydrogens is 230 g/mol. The van der Waals surface area contributed by atoms with Crippen LogP contribution in [0.2, 0.25) is 0 Å². The Morgan fingerprint density at radius 2 is 2.18 bits per heavy atom. The quantitative estimate of drug-likeness (QED) is 0.731. The van der Waals surface area contributed by atoms with Gasteiger partial charge in [0.05, 0.1) is 0 Å². The number of nitrogens with one attached hydrogen (secondary N) is 1. The second-order valence-electron chi connectivity index (χ2n) is 4.86. The maximum atomic E-state index is 9.04. The van der Waals surface area contributed by atoms with Gasteiger partial charge in [-0.15, -0.1) is 11.8 Å². The summed E-state index contributed by atoms with van der Waals surface area (Å²) >= 11 is 1.85. The van der Waals surface area contributed by atoms with Crippen molar-refractivity contribution in [1.29, 1.82) is 0 Å². The monoisotopic (exact) mass is 251 g/mol. The minimum atomic E-state index is 0.273. The molecule has 1 aromatic rings. The van der Waals surface area contributed by atoms with Crippen LogP contribution < -0.4 is 5.32 Å². The van der Waals surface area contributed by atoms with E-state index >= 15 is 0 Å². The highest BCUT2D eigenvalue weighted by molar-refractivity contribution is 7.99. The van der Waals surface area contributed by atoms with Crippen LogP contribution in [0.5, 0.6) is 0 Å². The molecule has 0 saturated heterocycles. The summed E-state index contributed by atoms with van der Waals surface area (Å²) in [5, 5.41) is 12.6. The lowest BCUT2D eigenvalue weighted by Crippen LogP contribution is -2.15. The average molecular weight is 251 g/mol. The molecule has 0 aliphatic heterocycles. The third-order valence-corrected chi connectivity index (χ3v) is 4.41. The van der Waals surface area contributed by atoms with Gasteiger partial charge in [0.25, 0.3) is 0 Å². The summed E-state index contributed by atoms with van der Waals surface area (Å²) in [6.45, 7) is 3.33. The van der Waals surface area contributed by atoms with Crippen LogP contribution in [-0.2, 0) is 6.54 Å². The summed E-state index contributed by atoms with van der Waals surface area (Å²) in [4.78, 5) is 1.35. The lowest BCUT2D eigenvalue weighted by Gasteiger charge is -2.12. The zero-order valence-electron chi connectivity index (χ0n) is 10.4. The molecule has 0 amide bonds. The Morgan fingerprint density at radius 1 is 1.41 bits per heavy atom. The van der Waals surface area contributed by atoms with Gasteiger partial charge in [-0.1, -0.05) is 25.1 Å². The van der Waals surface area contributed by atoms with Gasteiger partial charge in [0.2, 0.25) is 0 Å². The summed E-state index contributed by atoms with van der Waals surface area (Å²) in [7, 11) is 0. The Balaban J connectivity index is 1.89.